The molecule has 7 nitrogen and oxygen atoms in total. The normalized spacial score (nSPS) is 17.7. The molecule has 2 aromatic heterocycles. The Balaban J connectivity index is 1.77. The monoisotopic (exact) mass is 416 g/mol. The summed E-state index contributed by atoms with van der Waals surface area (Å²) in [7, 11) is 0. The van der Waals surface area contributed by atoms with Crippen LogP contribution < -0.4 is 4.74 Å². The number of Topliss-reactive ketones (excluding diaryl/α,β-unsaturated/α-hetero) is 1. The van der Waals surface area contributed by atoms with Crippen LogP contribution in [0.2, 0.25) is 0 Å². The number of hydrogen-bond donors (Lipinski definition) is 1. The Hall–Kier alpha value is -4.13. The van der Waals surface area contributed by atoms with E-state index in [1.54, 1.807) is 67.0 Å². The van der Waals surface area contributed by atoms with Crippen LogP contribution in [-0.4, -0.2) is 33.3 Å². The van der Waals surface area contributed by atoms with Crippen LogP contribution in [-0.2, 0) is 16.1 Å². The van der Waals surface area contributed by atoms with Gasteiger partial charge in [0.05, 0.1) is 24.4 Å². The van der Waals surface area contributed by atoms with Crippen LogP contribution >= 0.6 is 0 Å². The number of carbonyl (C=O) groups is 2. The number of aliphatic hydroxyl groups is 1. The zero-order chi connectivity index (χ0) is 21.8. The van der Waals surface area contributed by atoms with Crippen LogP contribution in [0, 0.1) is 0 Å². The number of benzene rings is 1. The van der Waals surface area contributed by atoms with Crippen LogP contribution in [0.1, 0.15) is 22.9 Å². The number of aliphatic hydroxyl groups excluding tert-OH is 1. The van der Waals surface area contributed by atoms with E-state index in [0.717, 1.165) is 0 Å². The van der Waals surface area contributed by atoms with E-state index in [1.165, 1.54) is 11.2 Å². The Morgan fingerprint density at radius 3 is 2.55 bits per heavy atom. The van der Waals surface area contributed by atoms with Crippen LogP contribution in [0.15, 0.2) is 89.8 Å². The lowest BCUT2D eigenvalue weighted by Gasteiger charge is -2.24. The summed E-state index contributed by atoms with van der Waals surface area (Å²) in [5, 5.41) is 11.0. The molecular formula is C24H20N2O5. The first-order chi connectivity index (χ1) is 15.1. The summed E-state index contributed by atoms with van der Waals surface area (Å²) in [5.41, 5.74) is 1.08. The Labute approximate surface area is 178 Å². The maximum absolute atomic E-state index is 13.0. The molecule has 1 saturated heterocycles. The fourth-order valence-electron chi connectivity index (χ4n) is 3.53. The van der Waals surface area contributed by atoms with Crippen molar-refractivity contribution in [3.05, 3.63) is 102 Å². The molecule has 1 atom stereocenters. The Kier molecular flexibility index (Phi) is 5.66. The molecule has 0 saturated carbocycles. The predicted molar refractivity (Wildman–Crippen MR) is 113 cm³/mol. The molecule has 1 fully saturated rings. The molecule has 7 heteroatoms. The number of nitrogens with zero attached hydrogens (tertiary/aromatic N) is 2. The van der Waals surface area contributed by atoms with Gasteiger partial charge in [-0.15, -0.1) is 0 Å². The van der Waals surface area contributed by atoms with Gasteiger partial charge in [0, 0.05) is 18.0 Å². The zero-order valence-electron chi connectivity index (χ0n) is 16.6. The van der Waals surface area contributed by atoms with Crippen LogP contribution in [0.5, 0.6) is 5.75 Å². The molecular weight excluding hydrogens is 396 g/mol. The lowest BCUT2D eigenvalue weighted by atomic mass is 9.96. The Morgan fingerprint density at radius 2 is 1.90 bits per heavy atom. The van der Waals surface area contributed by atoms with Gasteiger partial charge in [-0.25, -0.2) is 0 Å². The average molecular weight is 416 g/mol. The van der Waals surface area contributed by atoms with Crippen LogP contribution in [0.25, 0.3) is 5.76 Å². The van der Waals surface area contributed by atoms with Crippen molar-refractivity contribution in [1.82, 2.24) is 9.88 Å². The fraction of sp³-hybridized carbons (Fsp3) is 0.125. The smallest absolute Gasteiger partial charge is 0.296 e. The first kappa shape index (κ1) is 20.2. The summed E-state index contributed by atoms with van der Waals surface area (Å²) in [4.78, 5) is 31.2. The van der Waals surface area contributed by atoms with E-state index in [9.17, 15) is 14.7 Å². The quantitative estimate of drug-likeness (QED) is 0.272. The number of ketones is 1. The summed E-state index contributed by atoms with van der Waals surface area (Å²) in [6.07, 6.45) is 6.29. The molecule has 1 N–H and O–H groups in total. The van der Waals surface area contributed by atoms with E-state index in [-0.39, 0.29) is 17.9 Å². The summed E-state index contributed by atoms with van der Waals surface area (Å²) >= 11 is 0. The highest BCUT2D eigenvalue weighted by molar-refractivity contribution is 6.46. The second-order valence-electron chi connectivity index (χ2n) is 6.91. The van der Waals surface area contributed by atoms with E-state index in [4.69, 9.17) is 9.15 Å². The molecule has 0 bridgehead atoms. The van der Waals surface area contributed by atoms with E-state index < -0.39 is 17.7 Å². The number of ether oxygens (including phenoxy) is 1. The highest BCUT2D eigenvalue weighted by Crippen LogP contribution is 2.40. The standard InChI is InChI=1S/C24H20N2O5/c1-2-13-30-18-7-5-17(6-8-18)22(27)20-21(16-9-11-25-12-10-16)26(24(29)23(20)28)15-19-4-3-14-31-19/h2-12,14,21,27H,1,13,15H2/b22-20+. The number of furan rings is 1. The van der Waals surface area contributed by atoms with Crippen molar-refractivity contribution in [2.75, 3.05) is 6.61 Å². The van der Waals surface area contributed by atoms with Crippen molar-refractivity contribution in [2.24, 2.45) is 0 Å². The number of pyridine rings is 1. The van der Waals surface area contributed by atoms with Crippen molar-refractivity contribution in [3.63, 3.8) is 0 Å². The molecule has 0 spiro atoms. The predicted octanol–water partition coefficient (Wildman–Crippen LogP) is 3.86. The van der Waals surface area contributed by atoms with Gasteiger partial charge >= 0.3 is 0 Å². The van der Waals surface area contributed by atoms with Crippen molar-refractivity contribution in [3.8, 4) is 5.75 Å². The third kappa shape index (κ3) is 3.98. The second-order valence-corrected chi connectivity index (χ2v) is 6.91. The molecule has 1 aromatic carbocycles. The topological polar surface area (TPSA) is 92.9 Å². The molecule has 156 valence electrons. The number of hydrogen-bond acceptors (Lipinski definition) is 6. The van der Waals surface area contributed by atoms with Crippen molar-refractivity contribution in [1.29, 1.82) is 0 Å². The summed E-state index contributed by atoms with van der Waals surface area (Å²) in [6, 6.07) is 12.7. The van der Waals surface area contributed by atoms with Gasteiger partial charge < -0.3 is 19.2 Å². The molecule has 1 aliphatic rings. The minimum atomic E-state index is -0.773. The highest BCUT2D eigenvalue weighted by atomic mass is 16.5. The molecule has 0 radical (unpaired) electrons. The highest BCUT2D eigenvalue weighted by Gasteiger charge is 2.46. The number of amides is 1. The molecule has 4 rings (SSSR count). The molecule has 1 aliphatic heterocycles. The third-order valence-electron chi connectivity index (χ3n) is 4.96. The van der Waals surface area contributed by atoms with Gasteiger partial charge in [-0.2, -0.15) is 0 Å². The molecule has 31 heavy (non-hydrogen) atoms. The first-order valence-corrected chi connectivity index (χ1v) is 9.65. The second kappa shape index (κ2) is 8.71. The van der Waals surface area contributed by atoms with E-state index in [2.05, 4.69) is 11.6 Å². The van der Waals surface area contributed by atoms with E-state index in [1.807, 2.05) is 0 Å². The van der Waals surface area contributed by atoms with Gasteiger partial charge in [-0.1, -0.05) is 12.7 Å². The Bertz CT molecular complexity index is 1120. The minimum Gasteiger partial charge on any atom is -0.507 e. The van der Waals surface area contributed by atoms with Crippen LogP contribution in [0.3, 0.4) is 0 Å². The van der Waals surface area contributed by atoms with Crippen molar-refractivity contribution < 1.29 is 23.8 Å². The van der Waals surface area contributed by atoms with Gasteiger partial charge in [-0.05, 0) is 54.1 Å². The lowest BCUT2D eigenvalue weighted by molar-refractivity contribution is -0.140. The van der Waals surface area contributed by atoms with Gasteiger partial charge in [0.1, 0.15) is 23.9 Å². The third-order valence-corrected chi connectivity index (χ3v) is 4.96. The SMILES string of the molecule is C=CCOc1ccc(/C(O)=C2\C(=O)C(=O)N(Cc3ccco3)C2c2ccncc2)cc1. The zero-order valence-corrected chi connectivity index (χ0v) is 16.6. The van der Waals surface area contributed by atoms with Gasteiger partial charge in [-0.3, -0.25) is 14.6 Å². The fourth-order valence-corrected chi connectivity index (χ4v) is 3.53. The van der Waals surface area contributed by atoms with Crippen molar-refractivity contribution >= 4 is 17.4 Å². The largest absolute Gasteiger partial charge is 0.507 e. The van der Waals surface area contributed by atoms with Gasteiger partial charge in [0.2, 0.25) is 0 Å². The number of aromatic nitrogens is 1. The number of rotatable bonds is 7. The van der Waals surface area contributed by atoms with Gasteiger partial charge in [0.15, 0.2) is 0 Å². The maximum Gasteiger partial charge on any atom is 0.296 e. The molecule has 3 heterocycles. The molecule has 1 unspecified atom stereocenters. The summed E-state index contributed by atoms with van der Waals surface area (Å²) < 4.78 is 10.8. The molecule has 0 aliphatic carbocycles. The maximum atomic E-state index is 13.0. The van der Waals surface area contributed by atoms with Gasteiger partial charge in [0.25, 0.3) is 11.7 Å². The first-order valence-electron chi connectivity index (χ1n) is 9.65. The Morgan fingerprint density at radius 1 is 1.16 bits per heavy atom. The molecule has 3 aromatic rings. The summed E-state index contributed by atoms with van der Waals surface area (Å²) in [6.45, 7) is 4.05. The number of carbonyl (C=O) groups excluding carboxylic acids is 2. The molecule has 1 amide bonds. The van der Waals surface area contributed by atoms with Crippen LogP contribution in [0.4, 0.5) is 0 Å². The van der Waals surface area contributed by atoms with Crippen molar-refractivity contribution in [2.45, 2.75) is 12.6 Å². The summed E-state index contributed by atoms with van der Waals surface area (Å²) in [5.74, 6) is -0.578. The minimum absolute atomic E-state index is 0.0162. The average Bonchev–Trinajstić information content (AvgIpc) is 3.40. The number of likely N-dealkylation sites (tertiary alicyclic amines) is 1. The lowest BCUT2D eigenvalue weighted by Crippen LogP contribution is -2.29. The van der Waals surface area contributed by atoms with E-state index in [0.29, 0.717) is 29.2 Å². The van der Waals surface area contributed by atoms with E-state index >= 15 is 0 Å².